The Bertz CT molecular complexity index is 956. The summed E-state index contributed by atoms with van der Waals surface area (Å²) >= 11 is 5.80. The molecule has 3 rings (SSSR count). The summed E-state index contributed by atoms with van der Waals surface area (Å²) in [4.78, 5) is 25.9. The molecule has 0 saturated carbocycles. The highest BCUT2D eigenvalue weighted by atomic mass is 35.5. The zero-order valence-electron chi connectivity index (χ0n) is 15.7. The van der Waals surface area contributed by atoms with Gasteiger partial charge in [0.25, 0.3) is 5.91 Å². The predicted molar refractivity (Wildman–Crippen MR) is 108 cm³/mol. The molecule has 0 atom stereocenters. The maximum absolute atomic E-state index is 12.6. The SMILES string of the molecule is O=C(Cc1ccc(Cl)cc1)OCC(=O)N1CCN(S(=O)(=O)c2ccccc2)CC1. The van der Waals surface area contributed by atoms with Crippen molar-refractivity contribution < 1.29 is 22.7 Å². The summed E-state index contributed by atoms with van der Waals surface area (Å²) in [6.45, 7) is 0.528. The normalized spacial score (nSPS) is 15.1. The molecule has 2 aromatic carbocycles. The van der Waals surface area contributed by atoms with Gasteiger partial charge in [-0.15, -0.1) is 0 Å². The maximum atomic E-state index is 12.6. The van der Waals surface area contributed by atoms with Crippen LogP contribution in [0, 0.1) is 0 Å². The first-order valence-electron chi connectivity index (χ1n) is 9.09. The van der Waals surface area contributed by atoms with Crippen molar-refractivity contribution in [2.75, 3.05) is 32.8 Å². The van der Waals surface area contributed by atoms with Crippen LogP contribution in [0.25, 0.3) is 0 Å². The Labute approximate surface area is 174 Å². The molecule has 154 valence electrons. The average Bonchev–Trinajstić information content (AvgIpc) is 2.74. The smallest absolute Gasteiger partial charge is 0.310 e. The van der Waals surface area contributed by atoms with Crippen molar-refractivity contribution >= 4 is 33.5 Å². The minimum atomic E-state index is -3.57. The molecular weight excluding hydrogens is 416 g/mol. The quantitative estimate of drug-likeness (QED) is 0.646. The van der Waals surface area contributed by atoms with Gasteiger partial charge in [-0.05, 0) is 29.8 Å². The van der Waals surface area contributed by atoms with E-state index < -0.39 is 16.0 Å². The fourth-order valence-corrected chi connectivity index (χ4v) is 4.54. The predicted octanol–water partition coefficient (Wildman–Crippen LogP) is 1.96. The molecule has 1 fully saturated rings. The Balaban J connectivity index is 1.46. The lowest BCUT2D eigenvalue weighted by atomic mass is 10.1. The number of hydrogen-bond acceptors (Lipinski definition) is 5. The van der Waals surface area contributed by atoms with Gasteiger partial charge in [0, 0.05) is 31.2 Å². The second-order valence-corrected chi connectivity index (χ2v) is 8.94. The number of nitrogens with zero attached hydrogens (tertiary/aromatic N) is 2. The number of ether oxygens (including phenoxy) is 1. The summed E-state index contributed by atoms with van der Waals surface area (Å²) in [6, 6.07) is 15.0. The molecule has 1 aliphatic rings. The van der Waals surface area contributed by atoms with Gasteiger partial charge < -0.3 is 9.64 Å². The lowest BCUT2D eigenvalue weighted by Gasteiger charge is -2.33. The number of piperazine rings is 1. The summed E-state index contributed by atoms with van der Waals surface area (Å²) in [5.74, 6) is -0.850. The van der Waals surface area contributed by atoms with Crippen LogP contribution in [-0.4, -0.2) is 62.3 Å². The topological polar surface area (TPSA) is 84.0 Å². The molecule has 9 heteroatoms. The Hall–Kier alpha value is -2.42. The van der Waals surface area contributed by atoms with Crippen LogP contribution in [0.2, 0.25) is 5.02 Å². The van der Waals surface area contributed by atoms with Crippen LogP contribution in [0.4, 0.5) is 0 Å². The fraction of sp³-hybridized carbons (Fsp3) is 0.300. The van der Waals surface area contributed by atoms with E-state index in [0.717, 1.165) is 5.56 Å². The van der Waals surface area contributed by atoms with Crippen molar-refractivity contribution in [2.24, 2.45) is 0 Å². The second kappa shape index (κ2) is 9.39. The van der Waals surface area contributed by atoms with E-state index in [9.17, 15) is 18.0 Å². The van der Waals surface area contributed by atoms with Crippen molar-refractivity contribution in [3.63, 3.8) is 0 Å². The fourth-order valence-electron chi connectivity index (χ4n) is 2.97. The molecule has 0 bridgehead atoms. The third-order valence-corrected chi connectivity index (χ3v) is 6.76. The van der Waals surface area contributed by atoms with Gasteiger partial charge >= 0.3 is 5.97 Å². The number of benzene rings is 2. The lowest BCUT2D eigenvalue weighted by Crippen LogP contribution is -2.51. The van der Waals surface area contributed by atoms with Crippen LogP contribution < -0.4 is 0 Å². The van der Waals surface area contributed by atoms with E-state index in [4.69, 9.17) is 16.3 Å². The van der Waals surface area contributed by atoms with Crippen LogP contribution in [0.1, 0.15) is 5.56 Å². The van der Waals surface area contributed by atoms with Gasteiger partial charge in [0.1, 0.15) is 0 Å². The number of halogens is 1. The van der Waals surface area contributed by atoms with Crippen LogP contribution in [-0.2, 0) is 30.8 Å². The highest BCUT2D eigenvalue weighted by Crippen LogP contribution is 2.17. The Morgan fingerprint density at radius 3 is 2.17 bits per heavy atom. The first-order valence-corrected chi connectivity index (χ1v) is 10.9. The van der Waals surface area contributed by atoms with Gasteiger partial charge in [0.15, 0.2) is 6.61 Å². The molecule has 1 saturated heterocycles. The van der Waals surface area contributed by atoms with Crippen molar-refractivity contribution in [3.05, 3.63) is 65.2 Å². The molecule has 0 aromatic heterocycles. The monoisotopic (exact) mass is 436 g/mol. The van der Waals surface area contributed by atoms with Crippen LogP contribution >= 0.6 is 11.6 Å². The van der Waals surface area contributed by atoms with E-state index in [1.807, 2.05) is 0 Å². The number of esters is 1. The van der Waals surface area contributed by atoms with Crippen molar-refractivity contribution in [1.82, 2.24) is 9.21 Å². The molecule has 0 spiro atoms. The highest BCUT2D eigenvalue weighted by molar-refractivity contribution is 7.89. The number of hydrogen-bond donors (Lipinski definition) is 0. The maximum Gasteiger partial charge on any atom is 0.310 e. The van der Waals surface area contributed by atoms with Crippen molar-refractivity contribution in [1.29, 1.82) is 0 Å². The lowest BCUT2D eigenvalue weighted by molar-refractivity contribution is -0.152. The van der Waals surface area contributed by atoms with Crippen LogP contribution in [0.3, 0.4) is 0 Å². The van der Waals surface area contributed by atoms with E-state index in [2.05, 4.69) is 0 Å². The highest BCUT2D eigenvalue weighted by Gasteiger charge is 2.30. The second-order valence-electron chi connectivity index (χ2n) is 6.56. The van der Waals surface area contributed by atoms with Gasteiger partial charge in [0.05, 0.1) is 11.3 Å². The van der Waals surface area contributed by atoms with Crippen LogP contribution in [0.15, 0.2) is 59.5 Å². The van der Waals surface area contributed by atoms with Gasteiger partial charge in [-0.1, -0.05) is 41.9 Å². The zero-order valence-corrected chi connectivity index (χ0v) is 17.2. The van der Waals surface area contributed by atoms with E-state index in [0.29, 0.717) is 5.02 Å². The third-order valence-electron chi connectivity index (χ3n) is 4.59. The van der Waals surface area contributed by atoms with Gasteiger partial charge in [-0.25, -0.2) is 8.42 Å². The van der Waals surface area contributed by atoms with Crippen molar-refractivity contribution in [3.8, 4) is 0 Å². The molecule has 1 heterocycles. The molecule has 0 unspecified atom stereocenters. The number of rotatable bonds is 6. The van der Waals surface area contributed by atoms with E-state index in [1.165, 1.54) is 9.21 Å². The average molecular weight is 437 g/mol. The Morgan fingerprint density at radius 1 is 0.931 bits per heavy atom. The number of carbonyl (C=O) groups is 2. The molecule has 1 aliphatic heterocycles. The van der Waals surface area contributed by atoms with Gasteiger partial charge in [-0.3, -0.25) is 9.59 Å². The molecule has 2 aromatic rings. The molecule has 7 nitrogen and oxygen atoms in total. The molecule has 0 aliphatic carbocycles. The molecule has 0 radical (unpaired) electrons. The van der Waals surface area contributed by atoms with Gasteiger partial charge in [0.2, 0.25) is 10.0 Å². The molecule has 1 amide bonds. The zero-order chi connectivity index (χ0) is 20.9. The van der Waals surface area contributed by atoms with E-state index >= 15 is 0 Å². The number of amides is 1. The van der Waals surface area contributed by atoms with E-state index in [1.54, 1.807) is 54.6 Å². The van der Waals surface area contributed by atoms with E-state index in [-0.39, 0.29) is 50.0 Å². The summed E-state index contributed by atoms with van der Waals surface area (Å²) in [7, 11) is -3.57. The summed E-state index contributed by atoms with van der Waals surface area (Å²) in [5, 5.41) is 0.575. The third kappa shape index (κ3) is 5.56. The van der Waals surface area contributed by atoms with Crippen molar-refractivity contribution in [2.45, 2.75) is 11.3 Å². The molecular formula is C20H21ClN2O5S. The minimum absolute atomic E-state index is 0.0492. The summed E-state index contributed by atoms with van der Waals surface area (Å²) in [5.41, 5.74) is 0.742. The summed E-state index contributed by atoms with van der Waals surface area (Å²) < 4.78 is 31.7. The number of carbonyl (C=O) groups excluding carboxylic acids is 2. The standard InChI is InChI=1S/C20H21ClN2O5S/c21-17-8-6-16(7-9-17)14-20(25)28-15-19(24)22-10-12-23(13-11-22)29(26,27)18-4-2-1-3-5-18/h1-9H,10-15H2. The Kier molecular flexibility index (Phi) is 6.89. The summed E-state index contributed by atoms with van der Waals surface area (Å²) in [6.07, 6.45) is 0.0492. The molecule has 29 heavy (non-hydrogen) atoms. The first kappa shape index (κ1) is 21.3. The van der Waals surface area contributed by atoms with Gasteiger partial charge in [-0.2, -0.15) is 4.31 Å². The number of sulfonamides is 1. The Morgan fingerprint density at radius 2 is 1.55 bits per heavy atom. The van der Waals surface area contributed by atoms with Crippen LogP contribution in [0.5, 0.6) is 0 Å². The minimum Gasteiger partial charge on any atom is -0.455 e. The largest absolute Gasteiger partial charge is 0.455 e. The first-order chi connectivity index (χ1) is 13.9. The molecule has 0 N–H and O–H groups in total.